The van der Waals surface area contributed by atoms with E-state index >= 15 is 0 Å². The molecule has 0 saturated heterocycles. The minimum Gasteiger partial charge on any atom is -0.368 e. The summed E-state index contributed by atoms with van der Waals surface area (Å²) in [6.45, 7) is 0.529. The maximum absolute atomic E-state index is 11.2. The zero-order chi connectivity index (χ0) is 8.55. The molecule has 4 heteroatoms. The smallest absolute Gasteiger partial charge is 0.189 e. The summed E-state index contributed by atoms with van der Waals surface area (Å²) in [6, 6.07) is 1.67. The van der Waals surface area contributed by atoms with Gasteiger partial charge in [0.25, 0.3) is 0 Å². The summed E-state index contributed by atoms with van der Waals surface area (Å²) < 4.78 is 5.02. The standard InChI is InChI=1S/C8H6ClNO2/c9-8-6-3-12-4-7(11)5(6)1-2-10-8/h1-2H,3-4H2. The number of hydrogen-bond acceptors (Lipinski definition) is 3. The Balaban J connectivity index is 2.59. The molecule has 0 amide bonds. The van der Waals surface area contributed by atoms with Gasteiger partial charge < -0.3 is 4.74 Å². The highest BCUT2D eigenvalue weighted by Crippen LogP contribution is 2.22. The molecule has 0 N–H and O–H groups in total. The monoisotopic (exact) mass is 183 g/mol. The molecule has 1 aromatic heterocycles. The molecule has 1 aliphatic rings. The van der Waals surface area contributed by atoms with Crippen LogP contribution in [0.4, 0.5) is 0 Å². The SMILES string of the molecule is O=C1COCc2c1ccnc2Cl. The van der Waals surface area contributed by atoms with Crippen molar-refractivity contribution < 1.29 is 9.53 Å². The third kappa shape index (κ3) is 1.11. The van der Waals surface area contributed by atoms with Gasteiger partial charge in [0.05, 0.1) is 6.61 Å². The zero-order valence-corrected chi connectivity index (χ0v) is 6.97. The van der Waals surface area contributed by atoms with Crippen molar-refractivity contribution in [1.29, 1.82) is 0 Å². The third-order valence-corrected chi connectivity index (χ3v) is 2.11. The Hall–Kier alpha value is -0.930. The van der Waals surface area contributed by atoms with Gasteiger partial charge in [-0.2, -0.15) is 0 Å². The van der Waals surface area contributed by atoms with Crippen molar-refractivity contribution in [2.24, 2.45) is 0 Å². The van der Waals surface area contributed by atoms with Gasteiger partial charge in [-0.05, 0) is 6.07 Å². The van der Waals surface area contributed by atoms with Crippen molar-refractivity contribution in [3.8, 4) is 0 Å². The van der Waals surface area contributed by atoms with Crippen LogP contribution < -0.4 is 0 Å². The lowest BCUT2D eigenvalue weighted by Crippen LogP contribution is -2.18. The van der Waals surface area contributed by atoms with Crippen LogP contribution in [0.2, 0.25) is 5.15 Å². The van der Waals surface area contributed by atoms with E-state index in [2.05, 4.69) is 4.98 Å². The molecule has 0 saturated carbocycles. The van der Waals surface area contributed by atoms with E-state index in [9.17, 15) is 4.79 Å². The summed E-state index contributed by atoms with van der Waals surface area (Å²) in [5.41, 5.74) is 1.34. The fourth-order valence-electron chi connectivity index (χ4n) is 1.19. The van der Waals surface area contributed by atoms with Gasteiger partial charge in [0.15, 0.2) is 5.78 Å². The summed E-state index contributed by atoms with van der Waals surface area (Å²) in [5, 5.41) is 0.362. The Morgan fingerprint density at radius 2 is 2.33 bits per heavy atom. The molecule has 0 bridgehead atoms. The van der Waals surface area contributed by atoms with Crippen molar-refractivity contribution in [1.82, 2.24) is 4.98 Å². The van der Waals surface area contributed by atoms with E-state index in [1.54, 1.807) is 6.07 Å². The lowest BCUT2D eigenvalue weighted by molar-refractivity contribution is 0.0664. The molecule has 2 heterocycles. The predicted octanol–water partition coefficient (Wildman–Crippen LogP) is 1.45. The Kier molecular flexibility index (Phi) is 1.83. The van der Waals surface area contributed by atoms with E-state index < -0.39 is 0 Å². The number of nitrogens with zero attached hydrogens (tertiary/aromatic N) is 1. The fourth-order valence-corrected chi connectivity index (χ4v) is 1.40. The maximum Gasteiger partial charge on any atom is 0.189 e. The molecular formula is C8H6ClNO2. The number of pyridine rings is 1. The van der Waals surface area contributed by atoms with E-state index in [0.29, 0.717) is 22.9 Å². The van der Waals surface area contributed by atoms with E-state index in [0.717, 1.165) is 0 Å². The van der Waals surface area contributed by atoms with E-state index in [-0.39, 0.29) is 12.4 Å². The van der Waals surface area contributed by atoms with Crippen molar-refractivity contribution in [3.05, 3.63) is 28.5 Å². The third-order valence-electron chi connectivity index (χ3n) is 1.78. The first kappa shape index (κ1) is 7.71. The zero-order valence-electron chi connectivity index (χ0n) is 6.21. The number of aromatic nitrogens is 1. The van der Waals surface area contributed by atoms with Crippen LogP contribution in [0.1, 0.15) is 15.9 Å². The van der Waals surface area contributed by atoms with Crippen molar-refractivity contribution in [2.45, 2.75) is 6.61 Å². The Morgan fingerprint density at radius 1 is 1.50 bits per heavy atom. The number of ether oxygens (including phenoxy) is 1. The number of carbonyl (C=O) groups is 1. The molecule has 0 aromatic carbocycles. The van der Waals surface area contributed by atoms with Gasteiger partial charge in [-0.25, -0.2) is 4.98 Å². The molecule has 0 radical (unpaired) electrons. The second kappa shape index (κ2) is 2.84. The Labute approximate surface area is 74.3 Å². The maximum atomic E-state index is 11.2. The van der Waals surface area contributed by atoms with Crippen LogP contribution in [0, 0.1) is 0 Å². The molecule has 0 fully saturated rings. The normalized spacial score (nSPS) is 15.9. The van der Waals surface area contributed by atoms with Crippen LogP contribution in [0.3, 0.4) is 0 Å². The highest BCUT2D eigenvalue weighted by molar-refractivity contribution is 6.30. The van der Waals surface area contributed by atoms with Crippen molar-refractivity contribution in [2.75, 3.05) is 6.61 Å². The molecular weight excluding hydrogens is 178 g/mol. The molecule has 2 rings (SSSR count). The van der Waals surface area contributed by atoms with E-state index in [4.69, 9.17) is 16.3 Å². The summed E-state index contributed by atoms with van der Waals surface area (Å²) in [5.74, 6) is -0.0273. The van der Waals surface area contributed by atoms with E-state index in [1.165, 1.54) is 6.20 Å². The minimum absolute atomic E-state index is 0.0273. The molecule has 62 valence electrons. The van der Waals surface area contributed by atoms with E-state index in [1.807, 2.05) is 0 Å². The highest BCUT2D eigenvalue weighted by Gasteiger charge is 2.19. The Morgan fingerprint density at radius 3 is 3.08 bits per heavy atom. The second-order valence-corrected chi connectivity index (χ2v) is 2.90. The topological polar surface area (TPSA) is 39.2 Å². The van der Waals surface area contributed by atoms with Crippen LogP contribution in [0.5, 0.6) is 0 Å². The lowest BCUT2D eigenvalue weighted by atomic mass is 10.1. The number of carbonyl (C=O) groups excluding carboxylic acids is 1. The number of fused-ring (bicyclic) bond motifs is 1. The van der Waals surface area contributed by atoms with Gasteiger partial charge in [0.1, 0.15) is 11.8 Å². The number of Topliss-reactive ketones (excluding diaryl/α,β-unsaturated/α-hetero) is 1. The quantitative estimate of drug-likeness (QED) is 0.572. The fraction of sp³-hybridized carbons (Fsp3) is 0.250. The number of halogens is 1. The average molecular weight is 184 g/mol. The number of ketones is 1. The molecule has 3 nitrogen and oxygen atoms in total. The number of hydrogen-bond donors (Lipinski definition) is 0. The molecule has 1 aromatic rings. The first-order chi connectivity index (χ1) is 5.79. The average Bonchev–Trinajstić information content (AvgIpc) is 2.07. The van der Waals surface area contributed by atoms with Gasteiger partial charge >= 0.3 is 0 Å². The summed E-state index contributed by atoms with van der Waals surface area (Å²) in [4.78, 5) is 15.1. The van der Waals surface area contributed by atoms with Crippen LogP contribution in [-0.4, -0.2) is 17.4 Å². The van der Waals surface area contributed by atoms with Gasteiger partial charge in [0.2, 0.25) is 0 Å². The minimum atomic E-state index is -0.0273. The van der Waals surface area contributed by atoms with Crippen molar-refractivity contribution in [3.63, 3.8) is 0 Å². The van der Waals surface area contributed by atoms with Gasteiger partial charge in [-0.15, -0.1) is 0 Å². The molecule has 0 aliphatic carbocycles. The molecule has 0 unspecified atom stereocenters. The van der Waals surface area contributed by atoms with Gasteiger partial charge in [0, 0.05) is 17.3 Å². The first-order valence-corrected chi connectivity index (χ1v) is 3.91. The first-order valence-electron chi connectivity index (χ1n) is 3.53. The number of rotatable bonds is 0. The predicted molar refractivity (Wildman–Crippen MR) is 43.2 cm³/mol. The highest BCUT2D eigenvalue weighted by atomic mass is 35.5. The van der Waals surface area contributed by atoms with Crippen molar-refractivity contribution >= 4 is 17.4 Å². The Bertz CT molecular complexity index is 338. The van der Waals surface area contributed by atoms with Crippen LogP contribution in [0.15, 0.2) is 12.3 Å². The van der Waals surface area contributed by atoms with Crippen LogP contribution in [-0.2, 0) is 11.3 Å². The molecule has 0 spiro atoms. The molecule has 12 heavy (non-hydrogen) atoms. The van der Waals surface area contributed by atoms with Crippen LogP contribution in [0.25, 0.3) is 0 Å². The molecule has 1 aliphatic heterocycles. The summed E-state index contributed by atoms with van der Waals surface area (Å²) in [6.07, 6.45) is 1.53. The van der Waals surface area contributed by atoms with Gasteiger partial charge in [-0.3, -0.25) is 4.79 Å². The lowest BCUT2D eigenvalue weighted by Gasteiger charge is -2.14. The van der Waals surface area contributed by atoms with Gasteiger partial charge in [-0.1, -0.05) is 11.6 Å². The second-order valence-electron chi connectivity index (χ2n) is 2.54. The van der Waals surface area contributed by atoms with Crippen LogP contribution >= 0.6 is 11.6 Å². The summed E-state index contributed by atoms with van der Waals surface area (Å²) >= 11 is 5.76. The molecule has 0 atom stereocenters. The summed E-state index contributed by atoms with van der Waals surface area (Å²) in [7, 11) is 0. The largest absolute Gasteiger partial charge is 0.368 e.